The predicted octanol–water partition coefficient (Wildman–Crippen LogP) is 4.82. The number of sulfonamides is 1. The van der Waals surface area contributed by atoms with Crippen molar-refractivity contribution >= 4 is 32.2 Å². The molecule has 0 atom stereocenters. The van der Waals surface area contributed by atoms with Gasteiger partial charge in [-0.2, -0.15) is 0 Å². The van der Waals surface area contributed by atoms with Crippen molar-refractivity contribution in [2.45, 2.75) is 52.0 Å². The lowest BCUT2D eigenvalue weighted by molar-refractivity contribution is -0.124. The highest BCUT2D eigenvalue weighted by atomic mass is 32.2. The first-order chi connectivity index (χ1) is 15.2. The fourth-order valence-electron chi connectivity index (χ4n) is 4.42. The number of carbonyl (C=O) groups excluding carboxylic acids is 1. The molecule has 32 heavy (non-hydrogen) atoms. The Morgan fingerprint density at radius 1 is 0.844 bits per heavy atom. The third-order valence-corrected chi connectivity index (χ3v) is 8.03. The minimum atomic E-state index is -3.99. The lowest BCUT2D eigenvalue weighted by atomic mass is 10.1. The number of carbonyl (C=O) groups is 1. The summed E-state index contributed by atoms with van der Waals surface area (Å²) in [5.74, 6) is -0.534. The quantitative estimate of drug-likeness (QED) is 0.719. The molecule has 1 saturated heterocycles. The minimum Gasteiger partial charge on any atom is -0.372 e. The third-order valence-electron chi connectivity index (χ3n) is 5.88. The molecular weight excluding hydrogens is 422 g/mol. The zero-order chi connectivity index (χ0) is 22.9. The van der Waals surface area contributed by atoms with Crippen LogP contribution >= 0.6 is 0 Å². The van der Waals surface area contributed by atoms with Crippen molar-refractivity contribution in [1.82, 2.24) is 4.31 Å². The number of hydrogen-bond donors (Lipinski definition) is 1. The van der Waals surface area contributed by atoms with Crippen LogP contribution in [0.25, 0.3) is 4.91 Å². The summed E-state index contributed by atoms with van der Waals surface area (Å²) in [5, 5.41) is 3.13. The SMILES string of the molecule is CC(C)(C)N1C(=O)C(Nc2ccc(N3CCCCCC3)cc2)=C(c2ccccc2)S1(=O)=O. The molecule has 0 aromatic heterocycles. The van der Waals surface area contributed by atoms with Crippen molar-refractivity contribution in [3.63, 3.8) is 0 Å². The fraction of sp³-hybridized carbons (Fsp3) is 0.400. The number of hydrogen-bond acceptors (Lipinski definition) is 5. The molecule has 2 aliphatic heterocycles. The molecule has 7 heteroatoms. The summed E-state index contributed by atoms with van der Waals surface area (Å²) in [4.78, 5) is 15.7. The minimum absolute atomic E-state index is 0.0228. The molecule has 0 spiro atoms. The Kier molecular flexibility index (Phi) is 6.03. The van der Waals surface area contributed by atoms with Gasteiger partial charge in [0.25, 0.3) is 15.9 Å². The monoisotopic (exact) mass is 453 g/mol. The zero-order valence-electron chi connectivity index (χ0n) is 19.0. The number of rotatable bonds is 4. The Morgan fingerprint density at radius 2 is 1.44 bits per heavy atom. The van der Waals surface area contributed by atoms with Gasteiger partial charge >= 0.3 is 0 Å². The summed E-state index contributed by atoms with van der Waals surface area (Å²) in [5.41, 5.74) is 1.54. The van der Waals surface area contributed by atoms with Gasteiger partial charge in [0.15, 0.2) is 0 Å². The highest BCUT2D eigenvalue weighted by Gasteiger charge is 2.49. The van der Waals surface area contributed by atoms with E-state index in [1.165, 1.54) is 25.7 Å². The van der Waals surface area contributed by atoms with E-state index in [4.69, 9.17) is 0 Å². The van der Waals surface area contributed by atoms with E-state index in [-0.39, 0.29) is 10.6 Å². The van der Waals surface area contributed by atoms with Crippen molar-refractivity contribution in [3.05, 3.63) is 65.9 Å². The largest absolute Gasteiger partial charge is 0.372 e. The second kappa shape index (κ2) is 8.62. The van der Waals surface area contributed by atoms with Gasteiger partial charge < -0.3 is 10.2 Å². The van der Waals surface area contributed by atoms with Crippen LogP contribution in [-0.4, -0.2) is 37.3 Å². The van der Waals surface area contributed by atoms with Crippen LogP contribution in [0.1, 0.15) is 52.0 Å². The van der Waals surface area contributed by atoms with Crippen LogP contribution in [0.2, 0.25) is 0 Å². The maximum atomic E-state index is 13.4. The molecule has 2 aliphatic rings. The molecule has 6 nitrogen and oxygen atoms in total. The van der Waals surface area contributed by atoms with Crippen LogP contribution in [-0.2, 0) is 14.8 Å². The molecule has 0 unspecified atom stereocenters. The van der Waals surface area contributed by atoms with Crippen molar-refractivity contribution < 1.29 is 13.2 Å². The lowest BCUT2D eigenvalue weighted by Gasteiger charge is -2.30. The Labute approximate surface area is 191 Å². The predicted molar refractivity (Wildman–Crippen MR) is 130 cm³/mol. The van der Waals surface area contributed by atoms with Gasteiger partial charge in [-0.05, 0) is 63.4 Å². The van der Waals surface area contributed by atoms with Gasteiger partial charge in [-0.3, -0.25) is 4.79 Å². The summed E-state index contributed by atoms with van der Waals surface area (Å²) in [6, 6.07) is 16.7. The summed E-state index contributed by atoms with van der Waals surface area (Å²) in [7, 11) is -3.99. The van der Waals surface area contributed by atoms with Crippen LogP contribution in [0.5, 0.6) is 0 Å². The van der Waals surface area contributed by atoms with Crippen molar-refractivity contribution in [2.24, 2.45) is 0 Å². The highest BCUT2D eigenvalue weighted by Crippen LogP contribution is 2.40. The van der Waals surface area contributed by atoms with E-state index in [1.807, 2.05) is 30.3 Å². The number of nitrogens with zero attached hydrogens (tertiary/aromatic N) is 2. The molecule has 0 radical (unpaired) electrons. The van der Waals surface area contributed by atoms with Crippen LogP contribution in [0.4, 0.5) is 11.4 Å². The maximum Gasteiger partial charge on any atom is 0.285 e. The first kappa shape index (κ1) is 22.4. The van der Waals surface area contributed by atoms with E-state index < -0.39 is 21.5 Å². The molecule has 170 valence electrons. The number of anilines is 2. The smallest absolute Gasteiger partial charge is 0.285 e. The second-order valence-corrected chi connectivity index (χ2v) is 11.1. The molecule has 2 aromatic carbocycles. The van der Waals surface area contributed by atoms with E-state index in [2.05, 4.69) is 10.2 Å². The van der Waals surface area contributed by atoms with Gasteiger partial charge in [0, 0.05) is 24.5 Å². The summed E-state index contributed by atoms with van der Waals surface area (Å²) < 4.78 is 27.9. The Balaban J connectivity index is 1.70. The highest BCUT2D eigenvalue weighted by molar-refractivity contribution is 7.99. The summed E-state index contributed by atoms with van der Waals surface area (Å²) in [6.45, 7) is 7.28. The average molecular weight is 454 g/mol. The van der Waals surface area contributed by atoms with Crippen molar-refractivity contribution in [3.8, 4) is 0 Å². The van der Waals surface area contributed by atoms with Crippen LogP contribution in [0.15, 0.2) is 60.3 Å². The topological polar surface area (TPSA) is 69.7 Å². The molecule has 1 N–H and O–H groups in total. The van der Waals surface area contributed by atoms with Crippen LogP contribution in [0, 0.1) is 0 Å². The normalized spacial score (nSPS) is 19.3. The van der Waals surface area contributed by atoms with Crippen LogP contribution in [0.3, 0.4) is 0 Å². The van der Waals surface area contributed by atoms with Gasteiger partial charge in [-0.1, -0.05) is 43.2 Å². The van der Waals surface area contributed by atoms with Crippen molar-refractivity contribution in [1.29, 1.82) is 0 Å². The van der Waals surface area contributed by atoms with E-state index in [1.54, 1.807) is 45.0 Å². The summed E-state index contributed by atoms with van der Waals surface area (Å²) >= 11 is 0. The van der Waals surface area contributed by atoms with Crippen LogP contribution < -0.4 is 10.2 Å². The first-order valence-corrected chi connectivity index (χ1v) is 12.6. The molecule has 0 aliphatic carbocycles. The molecular formula is C25H31N3O3S. The molecule has 0 bridgehead atoms. The number of amides is 1. The van der Waals surface area contributed by atoms with Gasteiger partial charge in [-0.25, -0.2) is 12.7 Å². The first-order valence-electron chi connectivity index (χ1n) is 11.2. The van der Waals surface area contributed by atoms with E-state index in [0.717, 1.165) is 23.1 Å². The molecule has 2 aromatic rings. The van der Waals surface area contributed by atoms with Crippen molar-refractivity contribution in [2.75, 3.05) is 23.3 Å². The third kappa shape index (κ3) is 4.26. The van der Waals surface area contributed by atoms with E-state index in [9.17, 15) is 13.2 Å². The van der Waals surface area contributed by atoms with Gasteiger partial charge in [0.2, 0.25) is 0 Å². The average Bonchev–Trinajstić information content (AvgIpc) is 2.91. The van der Waals surface area contributed by atoms with Gasteiger partial charge in [-0.15, -0.1) is 0 Å². The number of benzene rings is 2. The van der Waals surface area contributed by atoms with E-state index in [0.29, 0.717) is 11.3 Å². The lowest BCUT2D eigenvalue weighted by Crippen LogP contribution is -2.46. The van der Waals surface area contributed by atoms with Gasteiger partial charge in [0.05, 0.1) is 5.54 Å². The Morgan fingerprint density at radius 3 is 2.00 bits per heavy atom. The maximum absolute atomic E-state index is 13.4. The molecule has 4 rings (SSSR count). The molecule has 2 heterocycles. The second-order valence-electron chi connectivity index (χ2n) is 9.39. The Hall–Kier alpha value is -2.80. The molecule has 1 fully saturated rings. The zero-order valence-corrected chi connectivity index (χ0v) is 19.8. The standard InChI is InChI=1S/C25H31N3O3S/c1-25(2,3)28-24(29)22(23(32(28,30)31)19-11-7-6-8-12-19)26-20-13-15-21(16-14-20)27-17-9-4-5-10-18-27/h6-8,11-16,26H,4-5,9-10,17-18H2,1-3H3. The van der Waals surface area contributed by atoms with E-state index >= 15 is 0 Å². The fourth-order valence-corrected chi connectivity index (χ4v) is 6.46. The van der Waals surface area contributed by atoms with Gasteiger partial charge in [0.1, 0.15) is 10.6 Å². The molecule has 0 saturated carbocycles. The molecule has 1 amide bonds. The summed E-state index contributed by atoms with van der Waals surface area (Å²) in [6.07, 6.45) is 4.94. The Bertz CT molecular complexity index is 1110. The number of nitrogens with one attached hydrogen (secondary N) is 1.